The summed E-state index contributed by atoms with van der Waals surface area (Å²) in [6.45, 7) is 5.22. The van der Waals surface area contributed by atoms with Gasteiger partial charge in [0.2, 0.25) is 0 Å². The summed E-state index contributed by atoms with van der Waals surface area (Å²) < 4.78 is 5.40. The minimum Gasteiger partial charge on any atom is -0.445 e. The number of carbonyl (C=O) groups is 1. The minimum absolute atomic E-state index is 0.0840. The van der Waals surface area contributed by atoms with Crippen LogP contribution >= 0.6 is 11.8 Å². The summed E-state index contributed by atoms with van der Waals surface area (Å²) in [5.74, 6) is 0.275. The zero-order valence-electron chi connectivity index (χ0n) is 10.8. The fourth-order valence-corrected chi connectivity index (χ4v) is 1.89. The molecule has 1 aromatic rings. The van der Waals surface area contributed by atoms with Crippen molar-refractivity contribution >= 4 is 17.7 Å². The second-order valence-corrected chi connectivity index (χ2v) is 5.66. The molecule has 0 spiro atoms. The molecule has 96 valence electrons. The number of furan rings is 1. The van der Waals surface area contributed by atoms with Crippen molar-refractivity contribution in [2.75, 3.05) is 26.4 Å². The van der Waals surface area contributed by atoms with Crippen molar-refractivity contribution in [3.8, 4) is 0 Å². The molecule has 0 aromatic carbocycles. The molecule has 0 fully saturated rings. The van der Waals surface area contributed by atoms with Crippen LogP contribution in [0.2, 0.25) is 0 Å². The van der Waals surface area contributed by atoms with Crippen LogP contribution in [-0.2, 0) is 0 Å². The monoisotopic (exact) mass is 256 g/mol. The van der Waals surface area contributed by atoms with E-state index in [1.807, 2.05) is 20.1 Å². The van der Waals surface area contributed by atoms with Gasteiger partial charge in [0.1, 0.15) is 0 Å². The molecule has 0 radical (unpaired) electrons. The number of thioether (sulfide) groups is 1. The first-order valence-electron chi connectivity index (χ1n) is 5.49. The standard InChI is InChI=1S/C12H20N2O2S/c1-12(2,7-13)8-14(3)11(15)9-5-6-10(16-9)17-4/h5-6H,7-8,13H2,1-4H3. The highest BCUT2D eigenvalue weighted by Gasteiger charge is 2.23. The number of rotatable bonds is 5. The van der Waals surface area contributed by atoms with Crippen LogP contribution in [0.25, 0.3) is 0 Å². The SMILES string of the molecule is CSc1ccc(C(=O)N(C)CC(C)(C)CN)o1. The number of hydrogen-bond acceptors (Lipinski definition) is 4. The Labute approximate surface area is 107 Å². The van der Waals surface area contributed by atoms with Crippen molar-refractivity contribution in [2.45, 2.75) is 18.9 Å². The van der Waals surface area contributed by atoms with E-state index in [0.717, 1.165) is 5.09 Å². The molecule has 0 bridgehead atoms. The highest BCUT2D eigenvalue weighted by Crippen LogP contribution is 2.20. The first-order chi connectivity index (χ1) is 7.89. The lowest BCUT2D eigenvalue weighted by Crippen LogP contribution is -2.39. The molecule has 17 heavy (non-hydrogen) atoms. The van der Waals surface area contributed by atoms with Crippen LogP contribution in [-0.4, -0.2) is 37.2 Å². The molecule has 0 saturated carbocycles. The van der Waals surface area contributed by atoms with Gasteiger partial charge < -0.3 is 15.1 Å². The van der Waals surface area contributed by atoms with E-state index < -0.39 is 0 Å². The van der Waals surface area contributed by atoms with Crippen LogP contribution in [0.1, 0.15) is 24.4 Å². The van der Waals surface area contributed by atoms with Gasteiger partial charge >= 0.3 is 0 Å². The third-order valence-electron chi connectivity index (χ3n) is 2.56. The highest BCUT2D eigenvalue weighted by molar-refractivity contribution is 7.98. The number of carbonyl (C=O) groups excluding carboxylic acids is 1. The fraction of sp³-hybridized carbons (Fsp3) is 0.583. The molecule has 0 aliphatic rings. The molecular formula is C12H20N2O2S. The average molecular weight is 256 g/mol. The maximum atomic E-state index is 12.0. The summed E-state index contributed by atoms with van der Waals surface area (Å²) in [7, 11) is 1.76. The topological polar surface area (TPSA) is 59.5 Å². The summed E-state index contributed by atoms with van der Waals surface area (Å²) in [4.78, 5) is 13.7. The van der Waals surface area contributed by atoms with Crippen molar-refractivity contribution < 1.29 is 9.21 Å². The molecule has 0 unspecified atom stereocenters. The van der Waals surface area contributed by atoms with Gasteiger partial charge in [-0.25, -0.2) is 0 Å². The highest BCUT2D eigenvalue weighted by atomic mass is 32.2. The van der Waals surface area contributed by atoms with Crippen molar-refractivity contribution in [3.63, 3.8) is 0 Å². The average Bonchev–Trinajstić information content (AvgIpc) is 2.76. The quantitative estimate of drug-likeness (QED) is 0.819. The molecule has 1 rings (SSSR count). The number of hydrogen-bond donors (Lipinski definition) is 1. The van der Waals surface area contributed by atoms with Gasteiger partial charge in [0.25, 0.3) is 5.91 Å². The third kappa shape index (κ3) is 3.78. The summed E-state index contributed by atoms with van der Waals surface area (Å²) in [5.41, 5.74) is 5.57. The molecule has 0 saturated heterocycles. The van der Waals surface area contributed by atoms with Crippen LogP contribution < -0.4 is 5.73 Å². The molecule has 4 nitrogen and oxygen atoms in total. The van der Waals surface area contributed by atoms with E-state index in [4.69, 9.17) is 10.2 Å². The Kier molecular flexibility index (Phi) is 4.65. The van der Waals surface area contributed by atoms with Crippen LogP contribution in [0.15, 0.2) is 21.6 Å². The van der Waals surface area contributed by atoms with E-state index in [2.05, 4.69) is 0 Å². The largest absolute Gasteiger partial charge is 0.445 e. The summed E-state index contributed by atoms with van der Waals surface area (Å²) >= 11 is 1.48. The minimum atomic E-state index is -0.105. The lowest BCUT2D eigenvalue weighted by Gasteiger charge is -2.28. The third-order valence-corrected chi connectivity index (χ3v) is 3.18. The second-order valence-electron chi connectivity index (χ2n) is 4.85. The van der Waals surface area contributed by atoms with Gasteiger partial charge in [-0.05, 0) is 30.3 Å². The second kappa shape index (κ2) is 5.60. The number of nitrogens with zero attached hydrogens (tertiary/aromatic N) is 1. The van der Waals surface area contributed by atoms with E-state index in [9.17, 15) is 4.79 Å². The van der Waals surface area contributed by atoms with Crippen molar-refractivity contribution in [1.29, 1.82) is 0 Å². The molecule has 5 heteroatoms. The van der Waals surface area contributed by atoms with E-state index in [0.29, 0.717) is 18.8 Å². The normalized spacial score (nSPS) is 11.6. The molecule has 0 atom stereocenters. The molecule has 2 N–H and O–H groups in total. The number of amides is 1. The van der Waals surface area contributed by atoms with Crippen LogP contribution in [0, 0.1) is 5.41 Å². The summed E-state index contributed by atoms with van der Waals surface area (Å²) in [6.07, 6.45) is 1.91. The predicted octanol–water partition coefficient (Wildman–Crippen LogP) is 2.06. The van der Waals surface area contributed by atoms with Gasteiger partial charge in [-0.15, -0.1) is 0 Å². The van der Waals surface area contributed by atoms with Crippen molar-refractivity contribution in [3.05, 3.63) is 17.9 Å². The van der Waals surface area contributed by atoms with Gasteiger partial charge in [-0.1, -0.05) is 25.6 Å². The Morgan fingerprint density at radius 2 is 2.18 bits per heavy atom. The summed E-state index contributed by atoms with van der Waals surface area (Å²) in [6, 6.07) is 3.51. The summed E-state index contributed by atoms with van der Waals surface area (Å²) in [5, 5.41) is 0.750. The first-order valence-corrected chi connectivity index (χ1v) is 6.71. The van der Waals surface area contributed by atoms with E-state index in [1.165, 1.54) is 11.8 Å². The van der Waals surface area contributed by atoms with Crippen LogP contribution in [0.3, 0.4) is 0 Å². The molecule has 1 amide bonds. The Hall–Kier alpha value is -0.940. The number of nitrogens with two attached hydrogens (primary N) is 1. The van der Waals surface area contributed by atoms with Gasteiger partial charge in [0.05, 0.1) is 0 Å². The lowest BCUT2D eigenvalue weighted by molar-refractivity contribution is 0.0703. The first kappa shape index (κ1) is 14.1. The molecule has 0 aliphatic heterocycles. The van der Waals surface area contributed by atoms with Gasteiger partial charge in [0, 0.05) is 13.6 Å². The van der Waals surface area contributed by atoms with Gasteiger partial charge in [-0.3, -0.25) is 4.79 Å². The predicted molar refractivity (Wildman–Crippen MR) is 70.3 cm³/mol. The Morgan fingerprint density at radius 3 is 2.65 bits per heavy atom. The lowest BCUT2D eigenvalue weighted by atomic mass is 9.93. The molecule has 0 aliphatic carbocycles. The smallest absolute Gasteiger partial charge is 0.289 e. The molecule has 1 heterocycles. The zero-order chi connectivity index (χ0) is 13.1. The van der Waals surface area contributed by atoms with E-state index >= 15 is 0 Å². The van der Waals surface area contributed by atoms with Crippen molar-refractivity contribution in [2.24, 2.45) is 11.1 Å². The molecular weight excluding hydrogens is 236 g/mol. The van der Waals surface area contributed by atoms with Crippen LogP contribution in [0.5, 0.6) is 0 Å². The fourth-order valence-electron chi connectivity index (χ4n) is 1.51. The maximum Gasteiger partial charge on any atom is 0.289 e. The maximum absolute atomic E-state index is 12.0. The van der Waals surface area contributed by atoms with E-state index in [-0.39, 0.29) is 11.3 Å². The van der Waals surface area contributed by atoms with Gasteiger partial charge in [0.15, 0.2) is 10.9 Å². The van der Waals surface area contributed by atoms with E-state index in [1.54, 1.807) is 24.1 Å². The van der Waals surface area contributed by atoms with Crippen LogP contribution in [0.4, 0.5) is 0 Å². The Bertz CT molecular complexity index is 388. The Morgan fingerprint density at radius 1 is 1.53 bits per heavy atom. The van der Waals surface area contributed by atoms with Crippen molar-refractivity contribution in [1.82, 2.24) is 4.90 Å². The molecule has 1 aromatic heterocycles. The Balaban J connectivity index is 2.69. The van der Waals surface area contributed by atoms with Gasteiger partial charge in [-0.2, -0.15) is 0 Å². The zero-order valence-corrected chi connectivity index (χ0v) is 11.6.